The lowest BCUT2D eigenvalue weighted by Crippen LogP contribution is -2.48. The maximum absolute atomic E-state index is 12.7. The van der Waals surface area contributed by atoms with E-state index >= 15 is 0 Å². The van der Waals surface area contributed by atoms with Gasteiger partial charge < -0.3 is 5.32 Å². The summed E-state index contributed by atoms with van der Waals surface area (Å²) in [4.78, 5) is 12.7. The molecule has 0 aliphatic carbocycles. The van der Waals surface area contributed by atoms with E-state index in [4.69, 9.17) is 0 Å². The number of hydrogen-bond donors (Lipinski definition) is 2. The predicted octanol–water partition coefficient (Wildman–Crippen LogP) is 2.80. The van der Waals surface area contributed by atoms with Crippen LogP contribution >= 0.6 is 0 Å². The summed E-state index contributed by atoms with van der Waals surface area (Å²) in [5.41, 5.74) is 1.87. The second kappa shape index (κ2) is 9.50. The van der Waals surface area contributed by atoms with Crippen LogP contribution in [0.5, 0.6) is 0 Å². The third-order valence-corrected chi connectivity index (χ3v) is 5.54. The van der Waals surface area contributed by atoms with Crippen LogP contribution in [0.1, 0.15) is 30.9 Å². The molecule has 0 radical (unpaired) electrons. The highest BCUT2D eigenvalue weighted by molar-refractivity contribution is 7.89. The Labute approximate surface area is 155 Å². The predicted molar refractivity (Wildman–Crippen MR) is 103 cm³/mol. The Morgan fingerprint density at radius 1 is 1.04 bits per heavy atom. The van der Waals surface area contributed by atoms with Crippen LogP contribution in [-0.4, -0.2) is 26.9 Å². The van der Waals surface area contributed by atoms with Crippen molar-refractivity contribution in [1.82, 2.24) is 10.0 Å². The van der Waals surface area contributed by atoms with E-state index in [0.29, 0.717) is 13.0 Å². The lowest BCUT2D eigenvalue weighted by atomic mass is 10.1. The molecule has 0 unspecified atom stereocenters. The molecule has 1 amide bonds. The first-order valence-corrected chi connectivity index (χ1v) is 10.3. The van der Waals surface area contributed by atoms with Crippen molar-refractivity contribution in [2.75, 3.05) is 6.54 Å². The molecule has 0 heterocycles. The zero-order chi connectivity index (χ0) is 19.0. The number of carbonyl (C=O) groups is 1. The van der Waals surface area contributed by atoms with Crippen LogP contribution < -0.4 is 10.0 Å². The number of benzene rings is 2. The van der Waals surface area contributed by atoms with Gasteiger partial charge in [-0.2, -0.15) is 4.72 Å². The van der Waals surface area contributed by atoms with Crippen LogP contribution in [0.25, 0.3) is 0 Å². The van der Waals surface area contributed by atoms with E-state index in [1.165, 1.54) is 0 Å². The summed E-state index contributed by atoms with van der Waals surface area (Å²) in [6.07, 6.45) is 2.11. The Kier molecular flexibility index (Phi) is 7.36. The Balaban J connectivity index is 2.19. The summed E-state index contributed by atoms with van der Waals surface area (Å²) in [7, 11) is -3.78. The smallest absolute Gasteiger partial charge is 0.241 e. The van der Waals surface area contributed by atoms with E-state index in [2.05, 4.69) is 10.0 Å². The molecule has 26 heavy (non-hydrogen) atoms. The van der Waals surface area contributed by atoms with E-state index in [-0.39, 0.29) is 10.8 Å². The minimum absolute atomic E-state index is 0.155. The van der Waals surface area contributed by atoms with Crippen LogP contribution in [0, 0.1) is 6.92 Å². The van der Waals surface area contributed by atoms with E-state index in [1.807, 2.05) is 44.2 Å². The van der Waals surface area contributed by atoms with E-state index in [9.17, 15) is 13.2 Å². The van der Waals surface area contributed by atoms with Gasteiger partial charge in [0.05, 0.1) is 4.90 Å². The number of sulfonamides is 1. The van der Waals surface area contributed by atoms with Crippen molar-refractivity contribution in [2.24, 2.45) is 0 Å². The Morgan fingerprint density at radius 3 is 2.31 bits per heavy atom. The van der Waals surface area contributed by atoms with Gasteiger partial charge in [-0.1, -0.05) is 61.4 Å². The van der Waals surface area contributed by atoms with Gasteiger partial charge >= 0.3 is 0 Å². The fourth-order valence-corrected chi connectivity index (χ4v) is 3.72. The van der Waals surface area contributed by atoms with Gasteiger partial charge in [0.1, 0.15) is 6.04 Å². The number of aryl methyl sites for hydroxylation is 1. The van der Waals surface area contributed by atoms with E-state index in [0.717, 1.165) is 24.0 Å². The molecule has 1 atom stereocenters. The van der Waals surface area contributed by atoms with Crippen molar-refractivity contribution in [3.8, 4) is 0 Å². The fourth-order valence-electron chi connectivity index (χ4n) is 2.52. The first kappa shape index (κ1) is 20.1. The molecule has 0 aliphatic rings. The molecule has 2 aromatic carbocycles. The molecule has 0 saturated carbocycles. The average Bonchev–Trinajstić information content (AvgIpc) is 2.62. The number of amides is 1. The molecule has 0 spiro atoms. The van der Waals surface area contributed by atoms with Crippen molar-refractivity contribution in [3.05, 3.63) is 65.7 Å². The molecule has 0 saturated heterocycles. The van der Waals surface area contributed by atoms with Crippen LogP contribution in [-0.2, 0) is 21.2 Å². The van der Waals surface area contributed by atoms with Crippen molar-refractivity contribution in [2.45, 2.75) is 44.0 Å². The zero-order valence-corrected chi connectivity index (χ0v) is 16.1. The van der Waals surface area contributed by atoms with Gasteiger partial charge in [-0.15, -0.1) is 0 Å². The van der Waals surface area contributed by atoms with Gasteiger partial charge in [0, 0.05) is 6.54 Å². The summed E-state index contributed by atoms with van der Waals surface area (Å²) in [5.74, 6) is -0.307. The molecule has 2 N–H and O–H groups in total. The number of carbonyl (C=O) groups excluding carboxylic acids is 1. The maximum Gasteiger partial charge on any atom is 0.241 e. The molecule has 2 rings (SSSR count). The molecule has 6 heteroatoms. The van der Waals surface area contributed by atoms with Crippen molar-refractivity contribution in [3.63, 3.8) is 0 Å². The highest BCUT2D eigenvalue weighted by Crippen LogP contribution is 2.12. The normalized spacial score (nSPS) is 12.5. The number of unbranched alkanes of at least 4 members (excludes halogenated alkanes) is 1. The van der Waals surface area contributed by atoms with Crippen LogP contribution in [0.2, 0.25) is 0 Å². The topological polar surface area (TPSA) is 75.3 Å². The Bertz CT molecular complexity index is 803. The van der Waals surface area contributed by atoms with Gasteiger partial charge in [0.2, 0.25) is 15.9 Å². The van der Waals surface area contributed by atoms with E-state index in [1.54, 1.807) is 24.3 Å². The second-order valence-electron chi connectivity index (χ2n) is 6.32. The summed E-state index contributed by atoms with van der Waals surface area (Å²) >= 11 is 0. The van der Waals surface area contributed by atoms with Crippen LogP contribution in [0.4, 0.5) is 0 Å². The van der Waals surface area contributed by atoms with Crippen molar-refractivity contribution in [1.29, 1.82) is 0 Å². The molecule has 5 nitrogen and oxygen atoms in total. The molecule has 0 bridgehead atoms. The molecular formula is C20H26N2O3S. The monoisotopic (exact) mass is 374 g/mol. The molecule has 0 aliphatic heterocycles. The molecule has 2 aromatic rings. The number of rotatable bonds is 9. The minimum atomic E-state index is -3.78. The summed E-state index contributed by atoms with van der Waals surface area (Å²) in [6, 6.07) is 15.1. The highest BCUT2D eigenvalue weighted by atomic mass is 32.2. The summed E-state index contributed by atoms with van der Waals surface area (Å²) in [5, 5.41) is 2.82. The van der Waals surface area contributed by atoms with Gasteiger partial charge in [0.15, 0.2) is 0 Å². The summed E-state index contributed by atoms with van der Waals surface area (Å²) in [6.45, 7) is 4.46. The van der Waals surface area contributed by atoms with E-state index < -0.39 is 16.1 Å². The van der Waals surface area contributed by atoms with Gasteiger partial charge in [-0.3, -0.25) is 4.79 Å². The first-order chi connectivity index (χ1) is 12.4. The van der Waals surface area contributed by atoms with Gasteiger partial charge in [0.25, 0.3) is 0 Å². The molecule has 0 fully saturated rings. The van der Waals surface area contributed by atoms with Crippen molar-refractivity contribution < 1.29 is 13.2 Å². The zero-order valence-electron chi connectivity index (χ0n) is 15.2. The third kappa shape index (κ3) is 5.97. The van der Waals surface area contributed by atoms with Crippen molar-refractivity contribution >= 4 is 15.9 Å². The lowest BCUT2D eigenvalue weighted by Gasteiger charge is -2.19. The SMILES string of the molecule is CCCCNC(=O)[C@@H](Cc1ccccc1)NS(=O)(=O)c1ccc(C)cc1. The largest absolute Gasteiger partial charge is 0.355 e. The second-order valence-corrected chi connectivity index (χ2v) is 8.04. The summed E-state index contributed by atoms with van der Waals surface area (Å²) < 4.78 is 27.9. The number of hydrogen-bond acceptors (Lipinski definition) is 3. The minimum Gasteiger partial charge on any atom is -0.355 e. The molecule has 0 aromatic heterocycles. The molecule has 140 valence electrons. The van der Waals surface area contributed by atoms with Gasteiger partial charge in [-0.25, -0.2) is 8.42 Å². The standard InChI is InChI=1S/C20H26N2O3S/c1-3-4-14-21-20(23)19(15-17-8-6-5-7-9-17)22-26(24,25)18-12-10-16(2)11-13-18/h5-13,19,22H,3-4,14-15H2,1-2H3,(H,21,23)/t19-/m1/s1. The molecular weight excluding hydrogens is 348 g/mol. The Morgan fingerprint density at radius 2 is 1.69 bits per heavy atom. The Hall–Kier alpha value is -2.18. The fraction of sp³-hybridized carbons (Fsp3) is 0.350. The quantitative estimate of drug-likeness (QED) is 0.663. The average molecular weight is 375 g/mol. The third-order valence-electron chi connectivity index (χ3n) is 4.06. The van der Waals surface area contributed by atoms with Gasteiger partial charge in [-0.05, 0) is 37.5 Å². The van der Waals surface area contributed by atoms with Crippen LogP contribution in [0.15, 0.2) is 59.5 Å². The lowest BCUT2D eigenvalue weighted by molar-refractivity contribution is -0.122. The maximum atomic E-state index is 12.7. The highest BCUT2D eigenvalue weighted by Gasteiger charge is 2.25. The number of nitrogens with one attached hydrogen (secondary N) is 2. The van der Waals surface area contributed by atoms with Crippen LogP contribution in [0.3, 0.4) is 0 Å². The first-order valence-electron chi connectivity index (χ1n) is 8.83.